The van der Waals surface area contributed by atoms with E-state index < -0.39 is 24.0 Å². The van der Waals surface area contributed by atoms with E-state index in [-0.39, 0.29) is 24.7 Å². The van der Waals surface area contributed by atoms with Crippen LogP contribution in [0.2, 0.25) is 0 Å². The second kappa shape index (κ2) is 6.00. The maximum absolute atomic E-state index is 11.6. The van der Waals surface area contributed by atoms with E-state index in [1.165, 1.54) is 12.3 Å². The summed E-state index contributed by atoms with van der Waals surface area (Å²) in [6.07, 6.45) is 1.33. The highest BCUT2D eigenvalue weighted by Gasteiger charge is 2.33. The van der Waals surface area contributed by atoms with Gasteiger partial charge in [-0.25, -0.2) is 14.4 Å². The number of urea groups is 1. The van der Waals surface area contributed by atoms with E-state index in [0.717, 1.165) is 0 Å². The monoisotopic (exact) mass is 280 g/mol. The molecule has 106 valence electrons. The molecule has 2 heterocycles. The zero-order valence-electron chi connectivity index (χ0n) is 10.6. The fraction of sp³-hybridized carbons (Fsp3) is 0.333. The summed E-state index contributed by atoms with van der Waals surface area (Å²) in [7, 11) is 0. The number of carbonyl (C=O) groups is 3. The first-order valence-electron chi connectivity index (χ1n) is 5.88. The van der Waals surface area contributed by atoms with Crippen molar-refractivity contribution in [2.45, 2.75) is 13.0 Å². The summed E-state index contributed by atoms with van der Waals surface area (Å²) in [4.78, 5) is 37.8. The van der Waals surface area contributed by atoms with Crippen molar-refractivity contribution < 1.29 is 28.3 Å². The number of furan rings is 1. The molecular formula is C12H12N2O6. The van der Waals surface area contributed by atoms with Gasteiger partial charge in [0.1, 0.15) is 12.6 Å². The minimum absolute atomic E-state index is 0.0314. The molecule has 0 radical (unpaired) electrons. The van der Waals surface area contributed by atoms with Gasteiger partial charge in [0, 0.05) is 0 Å². The number of rotatable bonds is 5. The fourth-order valence-electron chi connectivity index (χ4n) is 1.58. The van der Waals surface area contributed by atoms with Gasteiger partial charge in [0.05, 0.1) is 12.9 Å². The number of hydrogen-bond acceptors (Lipinski definition) is 6. The van der Waals surface area contributed by atoms with Gasteiger partial charge in [-0.3, -0.25) is 0 Å². The number of nitrogens with one attached hydrogen (secondary N) is 1. The van der Waals surface area contributed by atoms with E-state index in [2.05, 4.69) is 10.3 Å². The number of nitrogens with zero attached hydrogens (tertiary/aromatic N) is 1. The van der Waals surface area contributed by atoms with Crippen molar-refractivity contribution in [2.75, 3.05) is 13.2 Å². The number of aliphatic imine (C=N–C) groups is 1. The summed E-state index contributed by atoms with van der Waals surface area (Å²) in [5.74, 6) is -1.38. The molecule has 0 saturated heterocycles. The Labute approximate surface area is 113 Å². The first-order valence-corrected chi connectivity index (χ1v) is 5.88. The molecule has 1 unspecified atom stereocenters. The van der Waals surface area contributed by atoms with Crippen LogP contribution in [0, 0.1) is 0 Å². The molecule has 1 aliphatic heterocycles. The van der Waals surface area contributed by atoms with Crippen LogP contribution in [0.1, 0.15) is 17.5 Å². The van der Waals surface area contributed by atoms with Crippen LogP contribution in [0.5, 0.6) is 0 Å². The number of amides is 2. The number of ether oxygens (including phenoxy) is 2. The minimum Gasteiger partial charge on any atom is -0.461 e. The summed E-state index contributed by atoms with van der Waals surface area (Å²) < 4.78 is 14.6. The molecule has 0 aromatic carbocycles. The summed E-state index contributed by atoms with van der Waals surface area (Å²) >= 11 is 0. The Balaban J connectivity index is 1.95. The molecule has 2 amide bonds. The number of carbonyl (C=O) groups excluding carboxylic acids is 3. The van der Waals surface area contributed by atoms with Gasteiger partial charge in [-0.15, -0.1) is 0 Å². The highest BCUT2D eigenvalue weighted by molar-refractivity contribution is 6.42. The van der Waals surface area contributed by atoms with Crippen molar-refractivity contribution in [3.8, 4) is 0 Å². The Morgan fingerprint density at radius 1 is 1.40 bits per heavy atom. The van der Waals surface area contributed by atoms with Crippen LogP contribution in [-0.4, -0.2) is 42.9 Å². The quantitative estimate of drug-likeness (QED) is 0.788. The predicted octanol–water partition coefficient (Wildman–Crippen LogP) is 0.532. The van der Waals surface area contributed by atoms with Crippen LogP contribution in [0.15, 0.2) is 27.8 Å². The highest BCUT2D eigenvalue weighted by Crippen LogP contribution is 2.07. The van der Waals surface area contributed by atoms with E-state index in [1.807, 2.05) is 0 Å². The van der Waals surface area contributed by atoms with Gasteiger partial charge in [0.15, 0.2) is 5.71 Å². The van der Waals surface area contributed by atoms with Crippen LogP contribution in [0.4, 0.5) is 4.79 Å². The molecule has 2 rings (SSSR count). The largest absolute Gasteiger partial charge is 0.461 e. The molecule has 0 fully saturated rings. The lowest BCUT2D eigenvalue weighted by molar-refractivity contribution is -0.135. The van der Waals surface area contributed by atoms with Crippen molar-refractivity contribution in [1.29, 1.82) is 0 Å². The molecule has 1 aromatic rings. The van der Waals surface area contributed by atoms with Crippen molar-refractivity contribution in [1.82, 2.24) is 5.32 Å². The Bertz CT molecular complexity index is 548. The first-order chi connectivity index (χ1) is 9.61. The average Bonchev–Trinajstić information content (AvgIpc) is 3.05. The molecule has 0 saturated carbocycles. The van der Waals surface area contributed by atoms with Crippen LogP contribution in [0.3, 0.4) is 0 Å². The molecule has 1 atom stereocenters. The third kappa shape index (κ3) is 3.02. The highest BCUT2D eigenvalue weighted by atomic mass is 16.5. The van der Waals surface area contributed by atoms with Gasteiger partial charge in [0.2, 0.25) is 5.76 Å². The van der Waals surface area contributed by atoms with Gasteiger partial charge in [-0.05, 0) is 19.1 Å². The van der Waals surface area contributed by atoms with Crippen molar-refractivity contribution in [3.63, 3.8) is 0 Å². The lowest BCUT2D eigenvalue weighted by Crippen LogP contribution is -2.40. The van der Waals surface area contributed by atoms with Crippen molar-refractivity contribution >= 4 is 23.7 Å². The first kappa shape index (κ1) is 13.8. The van der Waals surface area contributed by atoms with E-state index in [1.54, 1.807) is 13.0 Å². The zero-order chi connectivity index (χ0) is 14.5. The van der Waals surface area contributed by atoms with E-state index in [4.69, 9.17) is 13.9 Å². The zero-order valence-corrected chi connectivity index (χ0v) is 10.6. The molecular weight excluding hydrogens is 268 g/mol. The molecule has 0 aliphatic carbocycles. The molecule has 8 heteroatoms. The SMILES string of the molecule is CCOC(=O)C1=NC(=O)NC1COC(=O)c1ccco1. The van der Waals surface area contributed by atoms with Gasteiger partial charge in [0.25, 0.3) is 0 Å². The van der Waals surface area contributed by atoms with Crippen LogP contribution >= 0.6 is 0 Å². The molecule has 1 aromatic heterocycles. The van der Waals surface area contributed by atoms with Crippen LogP contribution in [0.25, 0.3) is 0 Å². The van der Waals surface area contributed by atoms with Crippen molar-refractivity contribution in [2.24, 2.45) is 4.99 Å². The van der Waals surface area contributed by atoms with Gasteiger partial charge in [-0.2, -0.15) is 4.99 Å². The molecule has 8 nitrogen and oxygen atoms in total. The Hall–Kier alpha value is -2.64. The summed E-state index contributed by atoms with van der Waals surface area (Å²) in [5, 5.41) is 2.39. The third-order valence-electron chi connectivity index (χ3n) is 2.44. The standard InChI is InChI=1S/C12H12N2O6/c1-2-18-11(16)9-7(13-12(17)14-9)6-20-10(15)8-4-3-5-19-8/h3-5,7H,2,6H2,1H3,(H,13,17). The van der Waals surface area contributed by atoms with Crippen LogP contribution in [-0.2, 0) is 14.3 Å². The van der Waals surface area contributed by atoms with Gasteiger partial charge >= 0.3 is 18.0 Å². The summed E-state index contributed by atoms with van der Waals surface area (Å²) in [6, 6.07) is 1.49. The van der Waals surface area contributed by atoms with Crippen molar-refractivity contribution in [3.05, 3.63) is 24.2 Å². The van der Waals surface area contributed by atoms with E-state index in [0.29, 0.717) is 0 Å². The maximum Gasteiger partial charge on any atom is 0.374 e. The molecule has 1 N–H and O–H groups in total. The van der Waals surface area contributed by atoms with E-state index >= 15 is 0 Å². The minimum atomic E-state index is -0.819. The maximum atomic E-state index is 11.6. The molecule has 0 bridgehead atoms. The number of esters is 2. The normalized spacial score (nSPS) is 17.4. The predicted molar refractivity (Wildman–Crippen MR) is 65.4 cm³/mol. The second-order valence-corrected chi connectivity index (χ2v) is 3.80. The summed E-state index contributed by atoms with van der Waals surface area (Å²) in [5.41, 5.74) is -0.107. The lowest BCUT2D eigenvalue weighted by atomic mass is 10.2. The Morgan fingerprint density at radius 3 is 2.85 bits per heavy atom. The van der Waals surface area contributed by atoms with Crippen LogP contribution < -0.4 is 5.32 Å². The second-order valence-electron chi connectivity index (χ2n) is 3.80. The molecule has 20 heavy (non-hydrogen) atoms. The number of hydrogen-bond donors (Lipinski definition) is 1. The third-order valence-corrected chi connectivity index (χ3v) is 2.44. The summed E-state index contributed by atoms with van der Waals surface area (Å²) in [6.45, 7) is 1.56. The molecule has 1 aliphatic rings. The van der Waals surface area contributed by atoms with Gasteiger partial charge in [-0.1, -0.05) is 0 Å². The smallest absolute Gasteiger partial charge is 0.374 e. The Kier molecular flexibility index (Phi) is 4.14. The topological polar surface area (TPSA) is 107 Å². The fourth-order valence-corrected chi connectivity index (χ4v) is 1.58. The molecule has 0 spiro atoms. The lowest BCUT2D eigenvalue weighted by Gasteiger charge is -2.12. The van der Waals surface area contributed by atoms with Gasteiger partial charge < -0.3 is 19.2 Å². The Morgan fingerprint density at radius 2 is 2.20 bits per heavy atom. The average molecular weight is 280 g/mol. The van der Waals surface area contributed by atoms with E-state index in [9.17, 15) is 14.4 Å².